The summed E-state index contributed by atoms with van der Waals surface area (Å²) in [5.41, 5.74) is 1.90. The van der Waals surface area contributed by atoms with Crippen LogP contribution >= 0.6 is 22.9 Å². The van der Waals surface area contributed by atoms with Crippen molar-refractivity contribution in [1.29, 1.82) is 0 Å². The van der Waals surface area contributed by atoms with Crippen molar-refractivity contribution in [2.45, 2.75) is 25.2 Å². The maximum Gasteiger partial charge on any atom is 0.205 e. The van der Waals surface area contributed by atoms with Gasteiger partial charge in [0, 0.05) is 15.3 Å². The Morgan fingerprint density at radius 3 is 3.10 bits per heavy atom. The molecule has 1 atom stereocenters. The van der Waals surface area contributed by atoms with Crippen LogP contribution in [-0.4, -0.2) is 5.78 Å². The van der Waals surface area contributed by atoms with Crippen LogP contribution in [0.1, 0.15) is 39.8 Å². The molecular weight excluding hydrogens is 304 g/mol. The molecule has 0 saturated carbocycles. The second-order valence-electron chi connectivity index (χ2n) is 5.40. The molecule has 1 aromatic carbocycles. The Balaban J connectivity index is 1.74. The third-order valence-electron chi connectivity index (χ3n) is 4.09. The van der Waals surface area contributed by atoms with Crippen LogP contribution in [0.3, 0.4) is 0 Å². The van der Waals surface area contributed by atoms with Gasteiger partial charge in [-0.1, -0.05) is 11.6 Å². The van der Waals surface area contributed by atoms with Crippen LogP contribution in [0, 0.1) is 0 Å². The largest absolute Gasteiger partial charge is 0.453 e. The number of aryl methyl sites for hydroxylation is 1. The van der Waals surface area contributed by atoms with E-state index in [0.29, 0.717) is 16.4 Å². The number of Topliss-reactive ketones (excluding diaryl/α,β-unsaturated/α-hetero) is 1. The fourth-order valence-corrected chi connectivity index (χ4v) is 4.23. The second kappa shape index (κ2) is 5.00. The van der Waals surface area contributed by atoms with E-state index in [-0.39, 0.29) is 11.7 Å². The number of carbonyl (C=O) groups is 1. The number of hydrogen-bond acceptors (Lipinski definition) is 3. The molecule has 0 N–H and O–H groups in total. The van der Waals surface area contributed by atoms with Gasteiger partial charge in [0.15, 0.2) is 5.76 Å². The van der Waals surface area contributed by atoms with Crippen molar-refractivity contribution in [2.24, 2.45) is 0 Å². The van der Waals surface area contributed by atoms with E-state index in [0.717, 1.165) is 24.6 Å². The molecule has 3 aromatic rings. The van der Waals surface area contributed by atoms with Crippen molar-refractivity contribution < 1.29 is 9.21 Å². The molecule has 0 saturated heterocycles. The zero-order valence-electron chi connectivity index (χ0n) is 11.3. The molecule has 0 fully saturated rings. The summed E-state index contributed by atoms with van der Waals surface area (Å²) in [6, 6.07) is 9.31. The average molecular weight is 317 g/mol. The van der Waals surface area contributed by atoms with E-state index >= 15 is 0 Å². The van der Waals surface area contributed by atoms with Gasteiger partial charge >= 0.3 is 0 Å². The Morgan fingerprint density at radius 1 is 1.29 bits per heavy atom. The van der Waals surface area contributed by atoms with E-state index in [1.165, 1.54) is 10.4 Å². The van der Waals surface area contributed by atoms with Crippen LogP contribution in [0.5, 0.6) is 0 Å². The van der Waals surface area contributed by atoms with E-state index in [4.69, 9.17) is 16.0 Å². The van der Waals surface area contributed by atoms with E-state index < -0.39 is 0 Å². The quantitative estimate of drug-likeness (QED) is 0.588. The summed E-state index contributed by atoms with van der Waals surface area (Å²) in [6.07, 6.45) is 3.06. The molecule has 0 spiro atoms. The number of benzene rings is 1. The van der Waals surface area contributed by atoms with Gasteiger partial charge in [0.25, 0.3) is 0 Å². The third-order valence-corrected chi connectivity index (χ3v) is 5.32. The van der Waals surface area contributed by atoms with E-state index in [9.17, 15) is 4.79 Å². The fourth-order valence-electron chi connectivity index (χ4n) is 3.07. The average Bonchev–Trinajstić information content (AvgIpc) is 3.11. The van der Waals surface area contributed by atoms with Gasteiger partial charge in [-0.2, -0.15) is 0 Å². The number of furan rings is 1. The molecule has 2 aromatic heterocycles. The van der Waals surface area contributed by atoms with Crippen LogP contribution in [0.2, 0.25) is 5.02 Å². The van der Waals surface area contributed by atoms with Crippen molar-refractivity contribution in [3.05, 3.63) is 56.9 Å². The first kappa shape index (κ1) is 13.1. The number of hydrogen-bond donors (Lipinski definition) is 0. The van der Waals surface area contributed by atoms with Crippen molar-refractivity contribution in [1.82, 2.24) is 0 Å². The summed E-state index contributed by atoms with van der Waals surface area (Å²) in [5.74, 6) is 0.467. The predicted octanol–water partition coefficient (Wildman–Crippen LogP) is 5.45. The molecule has 0 aliphatic heterocycles. The maximum atomic E-state index is 12.8. The number of halogens is 1. The molecule has 0 bridgehead atoms. The standard InChI is InChI=1S/C17H13ClO2S/c18-11-4-5-14-10(8-11)9-15(20-14)17(19)13-2-1-3-16-12(13)6-7-21-16/h4-9,13H,1-3H2. The Labute approximate surface area is 131 Å². The molecule has 0 amide bonds. The molecule has 106 valence electrons. The number of carbonyl (C=O) groups excluding carboxylic acids is 1. The number of thiophene rings is 1. The van der Waals surface area contributed by atoms with Gasteiger partial charge in [0.1, 0.15) is 5.58 Å². The Kier molecular flexibility index (Phi) is 3.12. The zero-order chi connectivity index (χ0) is 14.4. The Bertz CT molecular complexity index is 830. The lowest BCUT2D eigenvalue weighted by Crippen LogP contribution is -2.16. The Morgan fingerprint density at radius 2 is 2.19 bits per heavy atom. The second-order valence-corrected chi connectivity index (χ2v) is 6.84. The molecule has 21 heavy (non-hydrogen) atoms. The lowest BCUT2D eigenvalue weighted by molar-refractivity contribution is 0.0926. The summed E-state index contributed by atoms with van der Waals surface area (Å²) < 4.78 is 5.72. The molecule has 1 aliphatic carbocycles. The summed E-state index contributed by atoms with van der Waals surface area (Å²) >= 11 is 7.73. The molecule has 4 rings (SSSR count). The van der Waals surface area contributed by atoms with Crippen LogP contribution < -0.4 is 0 Å². The highest BCUT2D eigenvalue weighted by Crippen LogP contribution is 2.37. The summed E-state index contributed by atoms with van der Waals surface area (Å²) in [5, 5.41) is 3.61. The van der Waals surface area contributed by atoms with Crippen LogP contribution in [0.25, 0.3) is 11.0 Å². The van der Waals surface area contributed by atoms with Crippen LogP contribution in [-0.2, 0) is 6.42 Å². The monoisotopic (exact) mass is 316 g/mol. The zero-order valence-corrected chi connectivity index (χ0v) is 12.8. The summed E-state index contributed by atoms with van der Waals surface area (Å²) in [4.78, 5) is 14.1. The van der Waals surface area contributed by atoms with E-state index in [2.05, 4.69) is 11.4 Å². The third kappa shape index (κ3) is 2.21. The predicted molar refractivity (Wildman–Crippen MR) is 85.6 cm³/mol. The van der Waals surface area contributed by atoms with Crippen molar-refractivity contribution in [2.75, 3.05) is 0 Å². The maximum absolute atomic E-state index is 12.8. The highest BCUT2D eigenvalue weighted by atomic mass is 35.5. The van der Waals surface area contributed by atoms with Gasteiger partial charge < -0.3 is 4.42 Å². The first-order valence-electron chi connectivity index (χ1n) is 7.02. The normalized spacial score (nSPS) is 17.9. The van der Waals surface area contributed by atoms with Crippen molar-refractivity contribution >= 4 is 39.7 Å². The van der Waals surface area contributed by atoms with Gasteiger partial charge in [0.2, 0.25) is 5.78 Å². The van der Waals surface area contributed by atoms with E-state index in [1.54, 1.807) is 17.4 Å². The minimum Gasteiger partial charge on any atom is -0.453 e. The molecule has 0 radical (unpaired) electrons. The first-order chi connectivity index (χ1) is 10.2. The summed E-state index contributed by atoms with van der Waals surface area (Å²) in [6.45, 7) is 0. The van der Waals surface area contributed by atoms with Crippen LogP contribution in [0.4, 0.5) is 0 Å². The first-order valence-corrected chi connectivity index (χ1v) is 8.28. The van der Waals surface area contributed by atoms with Gasteiger partial charge in [-0.05, 0) is 60.5 Å². The topological polar surface area (TPSA) is 30.2 Å². The molecule has 1 aliphatic rings. The van der Waals surface area contributed by atoms with Crippen molar-refractivity contribution in [3.8, 4) is 0 Å². The summed E-state index contributed by atoms with van der Waals surface area (Å²) in [7, 11) is 0. The fraction of sp³-hybridized carbons (Fsp3) is 0.235. The van der Waals surface area contributed by atoms with Gasteiger partial charge in [-0.15, -0.1) is 11.3 Å². The van der Waals surface area contributed by atoms with Gasteiger partial charge in [0.05, 0.1) is 5.92 Å². The van der Waals surface area contributed by atoms with E-state index in [1.807, 2.05) is 18.2 Å². The highest BCUT2D eigenvalue weighted by Gasteiger charge is 2.30. The number of ketones is 1. The SMILES string of the molecule is O=C(c1cc2cc(Cl)ccc2o1)C1CCCc2sccc21. The lowest BCUT2D eigenvalue weighted by atomic mass is 9.84. The smallest absolute Gasteiger partial charge is 0.205 e. The number of fused-ring (bicyclic) bond motifs is 2. The molecular formula is C17H13ClO2S. The van der Waals surface area contributed by atoms with Gasteiger partial charge in [-0.3, -0.25) is 4.79 Å². The minimum atomic E-state index is -0.0592. The van der Waals surface area contributed by atoms with Gasteiger partial charge in [-0.25, -0.2) is 0 Å². The molecule has 2 heterocycles. The highest BCUT2D eigenvalue weighted by molar-refractivity contribution is 7.10. The number of rotatable bonds is 2. The minimum absolute atomic E-state index is 0.0592. The molecule has 1 unspecified atom stereocenters. The molecule has 4 heteroatoms. The van der Waals surface area contributed by atoms with Crippen LogP contribution in [0.15, 0.2) is 40.1 Å². The molecule has 2 nitrogen and oxygen atoms in total. The van der Waals surface area contributed by atoms with Crippen molar-refractivity contribution in [3.63, 3.8) is 0 Å². The Hall–Kier alpha value is -1.58. The lowest BCUT2D eigenvalue weighted by Gasteiger charge is -2.20.